The van der Waals surface area contributed by atoms with Crippen LogP contribution >= 0.6 is 0 Å². The number of aliphatic hydroxyl groups is 1. The molecule has 3 amide bonds. The second-order valence-electron chi connectivity index (χ2n) is 12.0. The predicted molar refractivity (Wildman–Crippen MR) is 172 cm³/mol. The van der Waals surface area contributed by atoms with Crippen molar-refractivity contribution in [2.45, 2.75) is 70.9 Å². The van der Waals surface area contributed by atoms with E-state index in [-0.39, 0.29) is 44.1 Å². The first-order valence-electron chi connectivity index (χ1n) is 15.9. The predicted octanol–water partition coefficient (Wildman–Crippen LogP) is 3.93. The smallest absolute Gasteiger partial charge is 0.412 e. The molecule has 14 heteroatoms. The maximum atomic E-state index is 14.8. The number of carbonyl (C=O) groups excluding carboxylic acids is 4. The van der Waals surface area contributed by atoms with Crippen LogP contribution in [-0.4, -0.2) is 88.0 Å². The maximum absolute atomic E-state index is 14.8. The highest BCUT2D eigenvalue weighted by atomic mass is 19.1. The Morgan fingerprint density at radius 1 is 1.27 bits per heavy atom. The van der Waals surface area contributed by atoms with Crippen LogP contribution in [0.15, 0.2) is 71.0 Å². The summed E-state index contributed by atoms with van der Waals surface area (Å²) in [6.07, 6.45) is 6.72. The number of oxazole rings is 1. The molecule has 4 heterocycles. The lowest BCUT2D eigenvalue weighted by Crippen LogP contribution is -2.44. The van der Waals surface area contributed by atoms with Crippen molar-refractivity contribution < 1.29 is 42.6 Å². The van der Waals surface area contributed by atoms with Crippen molar-refractivity contribution >= 4 is 29.7 Å². The first-order chi connectivity index (χ1) is 23.0. The first kappa shape index (κ1) is 36.0. The van der Waals surface area contributed by atoms with Gasteiger partial charge in [-0.1, -0.05) is 49.8 Å². The summed E-state index contributed by atoms with van der Waals surface area (Å²) in [4.78, 5) is 61.6. The highest BCUT2D eigenvalue weighted by Gasteiger charge is 2.39. The summed E-state index contributed by atoms with van der Waals surface area (Å²) in [6.45, 7) is 5.58. The van der Waals surface area contributed by atoms with Crippen LogP contribution < -0.4 is 10.6 Å². The van der Waals surface area contributed by atoms with E-state index >= 15 is 0 Å². The third-order valence-corrected chi connectivity index (χ3v) is 7.93. The summed E-state index contributed by atoms with van der Waals surface area (Å²) in [7, 11) is 0. The zero-order valence-electron chi connectivity index (χ0n) is 27.2. The van der Waals surface area contributed by atoms with Crippen molar-refractivity contribution in [2.24, 2.45) is 11.8 Å². The van der Waals surface area contributed by atoms with Gasteiger partial charge in [0.05, 0.1) is 19.1 Å². The largest absolute Gasteiger partial charge is 0.460 e. The van der Waals surface area contributed by atoms with Gasteiger partial charge in [-0.3, -0.25) is 14.9 Å². The lowest BCUT2D eigenvalue weighted by atomic mass is 9.93. The summed E-state index contributed by atoms with van der Waals surface area (Å²) in [6, 6.07) is 4.10. The van der Waals surface area contributed by atoms with Crippen LogP contribution in [0.2, 0.25) is 0 Å². The van der Waals surface area contributed by atoms with Gasteiger partial charge in [0.25, 0.3) is 5.91 Å². The standard InChI is InChI=1S/C34H42FN5O8/c1-21-8-6-14-37-29(42)12-11-22(2)31(23(3)19-47-34(45)39-28-10-4-5-13-36-28)48-33(44)27-9-7-15-40(27)32(43)26-20-46-30(38-26)18-24(35)17-25(41)16-21/h4-6,8,10-13,16,20,22-25,27,31,41H,7,9,14-15,17-19H2,1-3H3,(H,37,42)(H,36,39,45)/b8-6+,12-11+,21-16+. The Hall–Kier alpha value is -4.85. The summed E-state index contributed by atoms with van der Waals surface area (Å²) in [5.41, 5.74) is 0.599. The lowest BCUT2D eigenvalue weighted by Gasteiger charge is -2.30. The van der Waals surface area contributed by atoms with Gasteiger partial charge >= 0.3 is 12.1 Å². The highest BCUT2D eigenvalue weighted by molar-refractivity contribution is 5.95. The van der Waals surface area contributed by atoms with E-state index < -0.39 is 60.1 Å². The maximum Gasteiger partial charge on any atom is 0.412 e. The fraction of sp³-hybridized carbons (Fsp3) is 0.471. The van der Waals surface area contributed by atoms with Crippen molar-refractivity contribution in [3.63, 3.8) is 0 Å². The number of anilines is 1. The molecule has 2 aliphatic rings. The number of alkyl halides is 1. The Bertz CT molecular complexity index is 1510. The molecule has 4 rings (SSSR count). The Kier molecular flexibility index (Phi) is 13.0. The minimum absolute atomic E-state index is 0.00677. The van der Waals surface area contributed by atoms with Gasteiger partial charge in [-0.15, -0.1) is 0 Å². The average molecular weight is 668 g/mol. The first-order valence-corrected chi connectivity index (χ1v) is 15.9. The number of cyclic esters (lactones) is 1. The van der Waals surface area contributed by atoms with Crippen LogP contribution in [0.25, 0.3) is 0 Å². The SMILES string of the molecule is CC1=C\C(O)CC(F)Cc2nc(co2)C(=O)N2CCCC2C(=O)OC(C(C)COC(=O)Nc2ccccn2)C(C)/C=C/C(=O)NC\C=C\1. The van der Waals surface area contributed by atoms with Gasteiger partial charge in [0.1, 0.15) is 30.4 Å². The lowest BCUT2D eigenvalue weighted by molar-refractivity contribution is -0.159. The second-order valence-corrected chi connectivity index (χ2v) is 12.0. The Balaban J connectivity index is 1.54. The van der Waals surface area contributed by atoms with Crippen molar-refractivity contribution in [1.29, 1.82) is 0 Å². The number of pyridine rings is 1. The van der Waals surface area contributed by atoms with Crippen LogP contribution in [0.4, 0.5) is 15.0 Å². The third kappa shape index (κ3) is 10.6. The number of hydrogen-bond acceptors (Lipinski definition) is 10. The molecule has 258 valence electrons. The van der Waals surface area contributed by atoms with Gasteiger partial charge in [0, 0.05) is 37.5 Å². The van der Waals surface area contributed by atoms with Crippen LogP contribution in [-0.2, 0) is 25.5 Å². The van der Waals surface area contributed by atoms with E-state index in [0.29, 0.717) is 24.2 Å². The van der Waals surface area contributed by atoms with Gasteiger partial charge in [-0.05, 0) is 38.0 Å². The number of hydrogen-bond donors (Lipinski definition) is 3. The molecule has 2 bridgehead atoms. The number of halogens is 1. The number of esters is 1. The fourth-order valence-electron chi connectivity index (χ4n) is 5.51. The summed E-state index contributed by atoms with van der Waals surface area (Å²) < 4.78 is 31.5. The number of aromatic nitrogens is 2. The van der Waals surface area contributed by atoms with Gasteiger partial charge in [0.15, 0.2) is 11.6 Å². The molecule has 0 radical (unpaired) electrons. The number of rotatable bonds is 4. The van der Waals surface area contributed by atoms with Crippen molar-refractivity contribution in [2.75, 3.05) is 25.0 Å². The molecular weight excluding hydrogens is 625 g/mol. The molecule has 0 saturated carbocycles. The van der Waals surface area contributed by atoms with E-state index in [9.17, 15) is 28.7 Å². The number of ether oxygens (including phenoxy) is 2. The average Bonchev–Trinajstić information content (AvgIpc) is 3.73. The molecule has 1 saturated heterocycles. The Morgan fingerprint density at radius 3 is 2.85 bits per heavy atom. The van der Waals surface area contributed by atoms with E-state index in [2.05, 4.69) is 20.6 Å². The number of fused-ring (bicyclic) bond motifs is 3. The molecule has 48 heavy (non-hydrogen) atoms. The molecule has 0 aromatic carbocycles. The highest BCUT2D eigenvalue weighted by Crippen LogP contribution is 2.26. The fourth-order valence-corrected chi connectivity index (χ4v) is 5.51. The molecule has 6 atom stereocenters. The molecule has 0 aliphatic carbocycles. The van der Waals surface area contributed by atoms with E-state index in [1.807, 2.05) is 0 Å². The molecule has 2 aromatic heterocycles. The van der Waals surface area contributed by atoms with Crippen LogP contribution in [0.5, 0.6) is 0 Å². The molecular formula is C34H42FN5O8. The van der Waals surface area contributed by atoms with E-state index in [0.717, 1.165) is 6.26 Å². The quantitative estimate of drug-likeness (QED) is 0.406. The third-order valence-electron chi connectivity index (χ3n) is 7.93. The number of allylic oxidation sites excluding steroid dienone is 2. The Labute approximate surface area is 278 Å². The van der Waals surface area contributed by atoms with Crippen LogP contribution in [0, 0.1) is 11.8 Å². The Morgan fingerprint density at radius 2 is 2.08 bits per heavy atom. The second kappa shape index (κ2) is 17.3. The van der Waals surface area contributed by atoms with Crippen molar-refractivity contribution in [3.8, 4) is 0 Å². The number of aliphatic hydroxyl groups excluding tert-OH is 1. The normalized spacial score (nSPS) is 27.8. The van der Waals surface area contributed by atoms with E-state index in [4.69, 9.17) is 13.9 Å². The van der Waals surface area contributed by atoms with Crippen LogP contribution in [0.1, 0.15) is 56.4 Å². The van der Waals surface area contributed by atoms with Crippen molar-refractivity contribution in [3.05, 3.63) is 78.2 Å². The summed E-state index contributed by atoms with van der Waals surface area (Å²) in [5, 5.41) is 15.6. The zero-order chi connectivity index (χ0) is 34.6. The molecule has 1 fully saturated rings. The van der Waals surface area contributed by atoms with E-state index in [1.165, 1.54) is 23.2 Å². The molecule has 6 unspecified atom stereocenters. The number of nitrogens with one attached hydrogen (secondary N) is 2. The summed E-state index contributed by atoms with van der Waals surface area (Å²) >= 11 is 0. The monoisotopic (exact) mass is 667 g/mol. The van der Waals surface area contributed by atoms with E-state index in [1.54, 1.807) is 57.2 Å². The number of amides is 3. The van der Waals surface area contributed by atoms with Gasteiger partial charge in [0.2, 0.25) is 5.91 Å². The molecule has 3 N–H and O–H groups in total. The molecule has 0 spiro atoms. The number of carbonyl (C=O) groups is 4. The summed E-state index contributed by atoms with van der Waals surface area (Å²) in [5.74, 6) is -2.34. The van der Waals surface area contributed by atoms with Gasteiger partial charge in [-0.2, -0.15) is 0 Å². The number of nitrogens with zero attached hydrogens (tertiary/aromatic N) is 3. The van der Waals surface area contributed by atoms with Crippen molar-refractivity contribution in [1.82, 2.24) is 20.2 Å². The molecule has 2 aromatic rings. The minimum atomic E-state index is -1.50. The van der Waals surface area contributed by atoms with Gasteiger partial charge < -0.3 is 29.2 Å². The topological polar surface area (TPSA) is 173 Å². The zero-order valence-corrected chi connectivity index (χ0v) is 27.2. The van der Waals surface area contributed by atoms with Gasteiger partial charge in [-0.25, -0.2) is 23.9 Å². The molecule has 13 nitrogen and oxygen atoms in total. The van der Waals surface area contributed by atoms with Crippen LogP contribution in [0.3, 0.4) is 0 Å². The molecule has 2 aliphatic heterocycles. The minimum Gasteiger partial charge on any atom is -0.460 e.